The first-order valence-corrected chi connectivity index (χ1v) is 8.05. The van der Waals surface area contributed by atoms with Crippen molar-refractivity contribution in [3.8, 4) is 0 Å². The van der Waals surface area contributed by atoms with Gasteiger partial charge in [-0.05, 0) is 66.3 Å². The summed E-state index contributed by atoms with van der Waals surface area (Å²) in [7, 11) is -2.22. The second-order valence-electron chi connectivity index (χ2n) is 5.31. The van der Waals surface area contributed by atoms with Gasteiger partial charge in [0.15, 0.2) is 0 Å². The van der Waals surface area contributed by atoms with Crippen LogP contribution in [-0.2, 0) is 47.7 Å². The first-order chi connectivity index (χ1) is 9.15. The first kappa shape index (κ1) is 12.8. The zero-order valence-corrected chi connectivity index (χ0v) is 11.7. The van der Waals surface area contributed by atoms with Crippen LogP contribution in [0.5, 0.6) is 0 Å². The topological polar surface area (TPSA) is 72.5 Å². The van der Waals surface area contributed by atoms with Crippen LogP contribution in [-0.4, -0.2) is 10.1 Å². The predicted molar refractivity (Wildman–Crippen MR) is 75.4 cm³/mol. The lowest BCUT2D eigenvalue weighted by Crippen LogP contribution is -2.08. The number of nitrogens with zero attached hydrogens (tertiary/aromatic N) is 1. The van der Waals surface area contributed by atoms with Crippen LogP contribution in [0, 0.1) is 0 Å². The number of rotatable bonds is 2. The Morgan fingerprint density at radius 1 is 1.16 bits per heavy atom. The Hall–Kier alpha value is -1.20. The minimum atomic E-state index is -2.22. The maximum absolute atomic E-state index is 11.8. The van der Waals surface area contributed by atoms with Crippen LogP contribution in [0.3, 0.4) is 0 Å². The van der Waals surface area contributed by atoms with Crippen molar-refractivity contribution in [1.82, 2.24) is 0 Å². The number of carbonyl (C=O) groups excluding carboxylic acids is 1. The number of aryl methyl sites for hydroxylation is 2. The zero-order valence-electron chi connectivity index (χ0n) is 10.8. The van der Waals surface area contributed by atoms with E-state index in [4.69, 9.17) is 5.14 Å². The molecular formula is C14H18N2O2S. The highest BCUT2D eigenvalue weighted by Crippen LogP contribution is 2.35. The lowest BCUT2D eigenvalue weighted by molar-refractivity contribution is -0.117. The molecule has 2 aliphatic rings. The van der Waals surface area contributed by atoms with Gasteiger partial charge in [0, 0.05) is 0 Å². The minimum absolute atomic E-state index is 0.268. The maximum Gasteiger partial charge on any atom is 0.259 e. The van der Waals surface area contributed by atoms with Gasteiger partial charge in [0.05, 0.1) is 6.42 Å². The summed E-state index contributed by atoms with van der Waals surface area (Å²) in [5.74, 6) is -0.349. The molecule has 0 bridgehead atoms. The fraction of sp³-hybridized carbons (Fsp3) is 0.500. The summed E-state index contributed by atoms with van der Waals surface area (Å²) < 4.78 is 14.3. The van der Waals surface area contributed by atoms with E-state index in [1.165, 1.54) is 35.1 Å². The molecule has 102 valence electrons. The third-order valence-corrected chi connectivity index (χ3v) is 4.56. The van der Waals surface area contributed by atoms with Gasteiger partial charge in [-0.15, -0.1) is 0 Å². The summed E-state index contributed by atoms with van der Waals surface area (Å²) in [4.78, 5) is 11.8. The van der Waals surface area contributed by atoms with Crippen molar-refractivity contribution in [3.05, 3.63) is 33.9 Å². The lowest BCUT2D eigenvalue weighted by Gasteiger charge is -2.13. The lowest BCUT2D eigenvalue weighted by atomic mass is 9.92. The number of nitrogens with two attached hydrogens (primary N) is 1. The van der Waals surface area contributed by atoms with Gasteiger partial charge >= 0.3 is 0 Å². The molecule has 19 heavy (non-hydrogen) atoms. The quantitative estimate of drug-likeness (QED) is 0.800. The monoisotopic (exact) mass is 278 g/mol. The van der Waals surface area contributed by atoms with E-state index >= 15 is 0 Å². The fourth-order valence-corrected chi connectivity index (χ4v) is 3.74. The van der Waals surface area contributed by atoms with Crippen LogP contribution < -0.4 is 5.14 Å². The smallest absolute Gasteiger partial charge is 0.259 e. The normalized spacial score (nSPS) is 18.4. The van der Waals surface area contributed by atoms with Gasteiger partial charge in [-0.2, -0.15) is 4.36 Å². The van der Waals surface area contributed by atoms with E-state index in [2.05, 4.69) is 10.4 Å². The summed E-state index contributed by atoms with van der Waals surface area (Å²) in [6.07, 6.45) is 6.95. The summed E-state index contributed by atoms with van der Waals surface area (Å²) >= 11 is 0. The summed E-state index contributed by atoms with van der Waals surface area (Å²) in [6, 6.07) is 2.33. The van der Waals surface area contributed by atoms with E-state index in [0.29, 0.717) is 0 Å². The molecular weight excluding hydrogens is 260 g/mol. The van der Waals surface area contributed by atoms with E-state index < -0.39 is 10.8 Å². The van der Waals surface area contributed by atoms with Gasteiger partial charge in [-0.3, -0.25) is 4.79 Å². The summed E-state index contributed by atoms with van der Waals surface area (Å²) in [5.41, 5.74) is 6.65. The molecule has 0 heterocycles. The number of carbonyl (C=O) groups is 1. The Labute approximate surface area is 114 Å². The highest BCUT2D eigenvalue weighted by Gasteiger charge is 2.24. The molecule has 4 nitrogen and oxygen atoms in total. The minimum Gasteiger partial charge on any atom is -0.272 e. The van der Waals surface area contributed by atoms with E-state index in [1.54, 1.807) is 0 Å². The van der Waals surface area contributed by atoms with Crippen molar-refractivity contribution in [2.75, 3.05) is 0 Å². The standard InChI is InChI=1S/C14H18N2O2S/c15-19(18)16-14(17)8-13-11-5-1-3-9(11)7-10-4-2-6-12(10)13/h7,19H,1-6,8H2,(H2,15,16,17,18). The number of fused-ring (bicyclic) bond motifs is 2. The third-order valence-electron chi connectivity index (χ3n) is 4.14. The van der Waals surface area contributed by atoms with Gasteiger partial charge in [-0.25, -0.2) is 9.35 Å². The third kappa shape index (κ3) is 2.44. The molecule has 0 saturated carbocycles. The Balaban J connectivity index is 2.03. The van der Waals surface area contributed by atoms with Gasteiger partial charge < -0.3 is 0 Å². The fourth-order valence-electron chi connectivity index (χ4n) is 3.44. The van der Waals surface area contributed by atoms with Gasteiger partial charge in [-0.1, -0.05) is 6.07 Å². The SMILES string of the molecule is N/[SH](=O)=N\C(=O)Cc1c2c(cc3c1CCC3)CCC2. The largest absolute Gasteiger partial charge is 0.272 e. The van der Waals surface area contributed by atoms with Gasteiger partial charge in [0.25, 0.3) is 5.91 Å². The van der Waals surface area contributed by atoms with E-state index in [9.17, 15) is 9.00 Å². The summed E-state index contributed by atoms with van der Waals surface area (Å²) in [6.45, 7) is 0. The molecule has 1 unspecified atom stereocenters. The molecule has 1 aromatic carbocycles. The van der Waals surface area contributed by atoms with Crippen LogP contribution in [0.25, 0.3) is 0 Å². The Morgan fingerprint density at radius 3 is 2.26 bits per heavy atom. The highest BCUT2D eigenvalue weighted by atomic mass is 32.2. The molecule has 0 saturated heterocycles. The Morgan fingerprint density at radius 2 is 1.74 bits per heavy atom. The van der Waals surface area contributed by atoms with Crippen LogP contribution in [0.2, 0.25) is 0 Å². The summed E-state index contributed by atoms with van der Waals surface area (Å²) in [5, 5.41) is 5.09. The molecule has 2 N–H and O–H groups in total. The number of hydrogen-bond donors (Lipinski definition) is 2. The molecule has 0 fully saturated rings. The number of thiol groups is 1. The van der Waals surface area contributed by atoms with Crippen LogP contribution in [0.4, 0.5) is 0 Å². The molecule has 0 radical (unpaired) electrons. The molecule has 1 atom stereocenters. The first-order valence-electron chi connectivity index (χ1n) is 6.77. The van der Waals surface area contributed by atoms with Crippen molar-refractivity contribution in [3.63, 3.8) is 0 Å². The van der Waals surface area contributed by atoms with Crippen molar-refractivity contribution >= 4 is 16.7 Å². The van der Waals surface area contributed by atoms with Crippen molar-refractivity contribution in [1.29, 1.82) is 0 Å². The van der Waals surface area contributed by atoms with Crippen molar-refractivity contribution < 1.29 is 9.00 Å². The van der Waals surface area contributed by atoms with E-state index in [0.717, 1.165) is 31.2 Å². The molecule has 0 aromatic heterocycles. The molecule has 1 aromatic rings. The molecule has 0 spiro atoms. The van der Waals surface area contributed by atoms with Gasteiger partial charge in [0.1, 0.15) is 10.8 Å². The average Bonchev–Trinajstić information content (AvgIpc) is 2.94. The van der Waals surface area contributed by atoms with Crippen molar-refractivity contribution in [2.45, 2.75) is 44.9 Å². The predicted octanol–water partition coefficient (Wildman–Crippen LogP) is 1.27. The average molecular weight is 278 g/mol. The Kier molecular flexibility index (Phi) is 3.41. The van der Waals surface area contributed by atoms with E-state index in [-0.39, 0.29) is 12.3 Å². The molecule has 3 rings (SSSR count). The zero-order chi connectivity index (χ0) is 13.4. The second-order valence-corrected chi connectivity index (χ2v) is 6.12. The number of amides is 1. The highest BCUT2D eigenvalue weighted by molar-refractivity contribution is 7.72. The van der Waals surface area contributed by atoms with Crippen molar-refractivity contribution in [2.24, 2.45) is 9.50 Å². The molecule has 1 amide bonds. The van der Waals surface area contributed by atoms with Crippen LogP contribution in [0.15, 0.2) is 10.4 Å². The molecule has 5 heteroatoms. The molecule has 0 aliphatic heterocycles. The number of hydrogen-bond acceptors (Lipinski definition) is 2. The van der Waals surface area contributed by atoms with E-state index in [1.807, 2.05) is 0 Å². The van der Waals surface area contributed by atoms with Crippen LogP contribution in [0.1, 0.15) is 40.7 Å². The maximum atomic E-state index is 11.8. The van der Waals surface area contributed by atoms with Gasteiger partial charge in [0.2, 0.25) is 0 Å². The molecule has 2 aliphatic carbocycles. The Bertz CT molecular complexity index is 599. The second kappa shape index (κ2) is 5.06. The number of benzene rings is 1. The van der Waals surface area contributed by atoms with Crippen LogP contribution >= 0.6 is 0 Å².